The summed E-state index contributed by atoms with van der Waals surface area (Å²) >= 11 is 0. The average molecular weight is 134 g/mol. The maximum absolute atomic E-state index is 8.53. The quantitative estimate of drug-likeness (QED) is 0.563. The Labute approximate surface area is 61.8 Å². The van der Waals surface area contributed by atoms with E-state index in [4.69, 9.17) is 10.00 Å². The lowest BCUT2D eigenvalue weighted by Crippen LogP contribution is -2.08. The van der Waals surface area contributed by atoms with Crippen molar-refractivity contribution >= 4 is 0 Å². The highest BCUT2D eigenvalue weighted by molar-refractivity contribution is 5.51. The Morgan fingerprint density at radius 2 is 2.40 bits per heavy atom. The maximum atomic E-state index is 8.53. The zero-order valence-corrected chi connectivity index (χ0v) is 5.79. The molecule has 5 radical (unpaired) electrons. The van der Waals surface area contributed by atoms with E-state index in [2.05, 4.69) is 6.07 Å². The molecule has 0 unspecified atom stereocenters. The summed E-state index contributed by atoms with van der Waals surface area (Å²) in [4.78, 5) is 0. The van der Waals surface area contributed by atoms with Crippen molar-refractivity contribution in [2.45, 2.75) is 0 Å². The van der Waals surface area contributed by atoms with Crippen LogP contribution < -0.4 is 0 Å². The third-order valence-corrected chi connectivity index (χ3v) is 1.33. The molecular formula is C8H8NO. The molecule has 0 saturated heterocycles. The average Bonchev–Trinajstić information content (AvgIpc) is 2.36. The molecule has 0 bridgehead atoms. The summed E-state index contributed by atoms with van der Waals surface area (Å²) in [5.41, 5.74) is 0. The van der Waals surface area contributed by atoms with Crippen molar-refractivity contribution in [3.05, 3.63) is 31.1 Å². The molecule has 1 aliphatic rings. The molecule has 0 atom stereocenters. The minimum Gasteiger partial charge on any atom is -0.384 e. The van der Waals surface area contributed by atoms with Gasteiger partial charge in [0.05, 0.1) is 18.6 Å². The lowest BCUT2D eigenvalue weighted by molar-refractivity contribution is 0.215. The monoisotopic (exact) mass is 134 g/mol. The van der Waals surface area contributed by atoms with Gasteiger partial charge < -0.3 is 4.74 Å². The smallest absolute Gasteiger partial charge is 0.0891 e. The van der Waals surface area contributed by atoms with Gasteiger partial charge in [-0.1, -0.05) is 0 Å². The summed E-state index contributed by atoms with van der Waals surface area (Å²) in [6, 6.07) is 2.08. The van der Waals surface area contributed by atoms with Crippen LogP contribution in [0, 0.1) is 42.4 Å². The van der Waals surface area contributed by atoms with Gasteiger partial charge in [0.15, 0.2) is 0 Å². The molecule has 1 rings (SSSR count). The summed E-state index contributed by atoms with van der Waals surface area (Å²) in [6.07, 6.45) is 5.53. The second-order valence-electron chi connectivity index (χ2n) is 2.01. The second kappa shape index (κ2) is 3.58. The largest absolute Gasteiger partial charge is 0.384 e. The molecule has 1 saturated carbocycles. The van der Waals surface area contributed by atoms with Crippen LogP contribution in [-0.4, -0.2) is 13.7 Å². The van der Waals surface area contributed by atoms with E-state index in [1.54, 1.807) is 13.5 Å². The minimum atomic E-state index is 0.524. The summed E-state index contributed by atoms with van der Waals surface area (Å²) < 4.78 is 4.88. The lowest BCUT2D eigenvalue weighted by Gasteiger charge is -2.08. The highest BCUT2D eigenvalue weighted by Crippen LogP contribution is 2.32. The third-order valence-electron chi connectivity index (χ3n) is 1.33. The maximum Gasteiger partial charge on any atom is 0.0891 e. The van der Waals surface area contributed by atoms with Gasteiger partial charge in [-0.2, -0.15) is 5.26 Å². The molecule has 0 amide bonds. The van der Waals surface area contributed by atoms with E-state index in [-0.39, 0.29) is 0 Å². The third kappa shape index (κ3) is 1.48. The van der Waals surface area contributed by atoms with Crippen molar-refractivity contribution in [2.24, 2.45) is 0 Å². The van der Waals surface area contributed by atoms with E-state index in [9.17, 15) is 0 Å². The first kappa shape index (κ1) is 7.56. The molecule has 2 heteroatoms. The van der Waals surface area contributed by atoms with Crippen molar-refractivity contribution < 1.29 is 4.74 Å². The van der Waals surface area contributed by atoms with Gasteiger partial charge in [-0.3, -0.25) is 0 Å². The number of rotatable bonds is 2. The molecule has 0 aromatic carbocycles. The molecule has 2 nitrogen and oxygen atoms in total. The number of nitriles is 1. The fourth-order valence-corrected chi connectivity index (χ4v) is 0.848. The number of nitrogens with zero attached hydrogens (tertiary/aromatic N) is 1. The van der Waals surface area contributed by atoms with Gasteiger partial charge in [0.2, 0.25) is 0 Å². The van der Waals surface area contributed by atoms with E-state index >= 15 is 0 Å². The standard InChI is InChI=1S/C8H8NO/c1-10-6-8-4-2-3-7(8)5-9/h2-4H,6H2,1H3. The fourth-order valence-electron chi connectivity index (χ4n) is 0.848. The van der Waals surface area contributed by atoms with Crippen molar-refractivity contribution in [3.63, 3.8) is 0 Å². The van der Waals surface area contributed by atoms with E-state index < -0.39 is 0 Å². The van der Waals surface area contributed by atoms with Crippen LogP contribution in [0.5, 0.6) is 0 Å². The van der Waals surface area contributed by atoms with Gasteiger partial charge in [-0.25, -0.2) is 0 Å². The van der Waals surface area contributed by atoms with Gasteiger partial charge in [0, 0.05) is 13.0 Å². The van der Waals surface area contributed by atoms with Crippen molar-refractivity contribution in [1.82, 2.24) is 0 Å². The number of hydrogen-bond donors (Lipinski definition) is 0. The predicted molar refractivity (Wildman–Crippen MR) is 36.9 cm³/mol. The van der Waals surface area contributed by atoms with Crippen molar-refractivity contribution in [3.8, 4) is 6.07 Å². The van der Waals surface area contributed by atoms with E-state index in [1.807, 2.05) is 12.8 Å². The van der Waals surface area contributed by atoms with Gasteiger partial charge in [0.25, 0.3) is 0 Å². The summed E-state index contributed by atoms with van der Waals surface area (Å²) in [5.74, 6) is 1.67. The molecule has 1 aliphatic carbocycles. The van der Waals surface area contributed by atoms with Crippen molar-refractivity contribution in [1.29, 1.82) is 5.26 Å². The van der Waals surface area contributed by atoms with E-state index in [0.717, 1.165) is 5.92 Å². The van der Waals surface area contributed by atoms with E-state index in [0.29, 0.717) is 12.5 Å². The molecule has 0 aliphatic heterocycles. The second-order valence-corrected chi connectivity index (χ2v) is 2.01. The normalized spacial score (nSPS) is 21.2. The fraction of sp³-hybridized carbons (Fsp3) is 0.250. The predicted octanol–water partition coefficient (Wildman–Crippen LogP) is 0.932. The summed E-state index contributed by atoms with van der Waals surface area (Å²) in [7, 11) is 1.62. The summed E-state index contributed by atoms with van der Waals surface area (Å²) in [5, 5.41) is 8.53. The first-order valence-electron chi connectivity index (χ1n) is 3.02. The first-order valence-corrected chi connectivity index (χ1v) is 3.02. The molecule has 0 heterocycles. The molecule has 0 N–H and O–H groups in total. The van der Waals surface area contributed by atoms with Gasteiger partial charge >= 0.3 is 0 Å². The highest BCUT2D eigenvalue weighted by atomic mass is 16.5. The Bertz CT molecular complexity index is 139. The van der Waals surface area contributed by atoms with Gasteiger partial charge in [-0.15, -0.1) is 0 Å². The number of methoxy groups -OCH3 is 1. The van der Waals surface area contributed by atoms with Crippen LogP contribution in [0.4, 0.5) is 0 Å². The van der Waals surface area contributed by atoms with Crippen LogP contribution in [-0.2, 0) is 4.74 Å². The lowest BCUT2D eigenvalue weighted by atomic mass is 9.99. The van der Waals surface area contributed by atoms with Crippen LogP contribution >= 0.6 is 0 Å². The van der Waals surface area contributed by atoms with E-state index in [1.165, 1.54) is 0 Å². The Balaban J connectivity index is 2.36. The van der Waals surface area contributed by atoms with Gasteiger partial charge in [-0.05, 0) is 19.3 Å². The Kier molecular flexibility index (Phi) is 2.70. The van der Waals surface area contributed by atoms with Crippen LogP contribution in [0.1, 0.15) is 0 Å². The van der Waals surface area contributed by atoms with Crippen LogP contribution in [0.2, 0.25) is 0 Å². The Hall–Kier alpha value is -0.550. The molecule has 51 valence electrons. The molecule has 0 spiro atoms. The van der Waals surface area contributed by atoms with Gasteiger partial charge in [0.1, 0.15) is 0 Å². The minimum absolute atomic E-state index is 0.524. The Morgan fingerprint density at radius 1 is 1.60 bits per heavy atom. The topological polar surface area (TPSA) is 33.0 Å². The van der Waals surface area contributed by atoms with Crippen LogP contribution in [0.25, 0.3) is 0 Å². The van der Waals surface area contributed by atoms with Crippen molar-refractivity contribution in [2.75, 3.05) is 13.7 Å². The number of ether oxygens (including phenoxy) is 1. The number of hydrogen-bond acceptors (Lipinski definition) is 2. The summed E-state index contributed by atoms with van der Waals surface area (Å²) in [6.45, 7) is 0.524. The molecule has 10 heavy (non-hydrogen) atoms. The zero-order chi connectivity index (χ0) is 7.40. The molecule has 0 aromatic heterocycles. The molecular weight excluding hydrogens is 126 g/mol. The first-order chi connectivity index (χ1) is 4.88. The SMILES string of the molecule is COC[C]1[CH][CH][CH][C]1C#N. The van der Waals surface area contributed by atoms with Crippen LogP contribution in [0.15, 0.2) is 0 Å². The highest BCUT2D eigenvalue weighted by Gasteiger charge is 2.28. The zero-order valence-electron chi connectivity index (χ0n) is 5.79. The Morgan fingerprint density at radius 3 is 3.00 bits per heavy atom. The molecule has 1 fully saturated rings. The van der Waals surface area contributed by atoms with Crippen LogP contribution in [0.3, 0.4) is 0 Å². The molecule has 0 aromatic rings.